The van der Waals surface area contributed by atoms with Crippen molar-refractivity contribution in [2.75, 3.05) is 6.54 Å². The number of hydrogen-bond acceptors (Lipinski definition) is 2. The van der Waals surface area contributed by atoms with Crippen molar-refractivity contribution in [1.82, 2.24) is 4.90 Å². The average Bonchev–Trinajstić information content (AvgIpc) is 2.27. The highest BCUT2D eigenvalue weighted by Gasteiger charge is 2.52. The summed E-state index contributed by atoms with van der Waals surface area (Å²) >= 11 is 0. The van der Waals surface area contributed by atoms with Crippen molar-refractivity contribution in [3.8, 4) is 0 Å². The Morgan fingerprint density at radius 3 is 3.00 bits per heavy atom. The second kappa shape index (κ2) is 3.73. The number of rotatable bonds is 0. The van der Waals surface area contributed by atoms with Gasteiger partial charge in [0.2, 0.25) is 5.91 Å². The van der Waals surface area contributed by atoms with Crippen LogP contribution in [-0.2, 0) is 4.79 Å². The molecule has 1 saturated carbocycles. The van der Waals surface area contributed by atoms with E-state index in [1.807, 2.05) is 0 Å². The van der Waals surface area contributed by atoms with Gasteiger partial charge >= 0.3 is 0 Å². The minimum Gasteiger partial charge on any atom is -0.393 e. The Kier molecular flexibility index (Phi) is 2.46. The summed E-state index contributed by atoms with van der Waals surface area (Å²) in [6.07, 6.45) is 8.01. The maximum Gasteiger partial charge on any atom is 0.223 e. The summed E-state index contributed by atoms with van der Waals surface area (Å²) in [4.78, 5) is 14.2. The van der Waals surface area contributed by atoms with Crippen molar-refractivity contribution in [1.29, 1.82) is 0 Å². The predicted octanol–water partition coefficient (Wildman–Crippen LogP) is 1.69. The number of carbonyl (C=O) groups is 1. The third-order valence-electron chi connectivity index (χ3n) is 4.97. The van der Waals surface area contributed by atoms with Gasteiger partial charge in [-0.05, 0) is 50.9 Å². The van der Waals surface area contributed by atoms with Gasteiger partial charge in [0.1, 0.15) is 0 Å². The van der Waals surface area contributed by atoms with Gasteiger partial charge in [-0.2, -0.15) is 0 Å². The van der Waals surface area contributed by atoms with Crippen LogP contribution >= 0.6 is 0 Å². The molecule has 1 aliphatic carbocycles. The Morgan fingerprint density at radius 1 is 1.25 bits per heavy atom. The van der Waals surface area contributed by atoms with Crippen molar-refractivity contribution in [3.63, 3.8) is 0 Å². The number of carbonyl (C=O) groups excluding carboxylic acids is 1. The van der Waals surface area contributed by atoms with Gasteiger partial charge in [0.05, 0.1) is 6.10 Å². The second-order valence-corrected chi connectivity index (χ2v) is 5.78. The molecule has 0 radical (unpaired) electrons. The molecule has 3 fully saturated rings. The molecule has 1 spiro atoms. The number of aliphatic hydroxyl groups excluding tert-OH is 1. The molecule has 2 aliphatic heterocycles. The monoisotopic (exact) mass is 223 g/mol. The molecular formula is C13H21NO2. The zero-order valence-electron chi connectivity index (χ0n) is 9.82. The highest BCUT2D eigenvalue weighted by molar-refractivity contribution is 5.78. The van der Waals surface area contributed by atoms with E-state index in [1.165, 1.54) is 6.42 Å². The van der Waals surface area contributed by atoms with Gasteiger partial charge in [-0.3, -0.25) is 4.79 Å². The van der Waals surface area contributed by atoms with Crippen LogP contribution in [0.15, 0.2) is 0 Å². The minimum atomic E-state index is -0.178. The molecule has 2 heterocycles. The van der Waals surface area contributed by atoms with Gasteiger partial charge in [0.25, 0.3) is 0 Å². The molecule has 0 aromatic heterocycles. The van der Waals surface area contributed by atoms with Gasteiger partial charge in [-0.1, -0.05) is 0 Å². The van der Waals surface area contributed by atoms with Gasteiger partial charge in [-0.25, -0.2) is 0 Å². The first kappa shape index (κ1) is 10.6. The van der Waals surface area contributed by atoms with Crippen LogP contribution in [0.4, 0.5) is 0 Å². The van der Waals surface area contributed by atoms with Crippen LogP contribution in [0, 0.1) is 5.92 Å². The predicted molar refractivity (Wildman–Crippen MR) is 60.9 cm³/mol. The lowest BCUT2D eigenvalue weighted by molar-refractivity contribution is -0.157. The summed E-state index contributed by atoms with van der Waals surface area (Å²) in [6.45, 7) is 0.933. The van der Waals surface area contributed by atoms with Crippen molar-refractivity contribution in [2.24, 2.45) is 5.92 Å². The molecule has 0 aromatic carbocycles. The van der Waals surface area contributed by atoms with Gasteiger partial charge < -0.3 is 10.0 Å². The zero-order chi connectivity index (χ0) is 11.2. The molecule has 1 amide bonds. The maximum absolute atomic E-state index is 12.0. The van der Waals surface area contributed by atoms with E-state index in [-0.39, 0.29) is 11.6 Å². The van der Waals surface area contributed by atoms with E-state index >= 15 is 0 Å². The van der Waals surface area contributed by atoms with Crippen LogP contribution in [0.2, 0.25) is 0 Å². The molecule has 3 aliphatic rings. The largest absolute Gasteiger partial charge is 0.393 e. The lowest BCUT2D eigenvalue weighted by Gasteiger charge is -2.57. The first-order chi connectivity index (χ1) is 7.72. The fraction of sp³-hybridized carbons (Fsp3) is 0.923. The van der Waals surface area contributed by atoms with E-state index in [2.05, 4.69) is 4.90 Å². The third-order valence-corrected chi connectivity index (χ3v) is 4.97. The first-order valence-corrected chi connectivity index (χ1v) is 6.71. The number of aliphatic hydroxyl groups is 1. The van der Waals surface area contributed by atoms with Crippen LogP contribution < -0.4 is 0 Å². The van der Waals surface area contributed by atoms with Crippen LogP contribution in [0.3, 0.4) is 0 Å². The third kappa shape index (κ3) is 1.41. The van der Waals surface area contributed by atoms with E-state index in [4.69, 9.17) is 0 Å². The van der Waals surface area contributed by atoms with E-state index in [0.29, 0.717) is 11.8 Å². The Morgan fingerprint density at radius 2 is 2.12 bits per heavy atom. The van der Waals surface area contributed by atoms with Crippen molar-refractivity contribution < 1.29 is 9.90 Å². The Balaban J connectivity index is 1.93. The van der Waals surface area contributed by atoms with Crippen molar-refractivity contribution in [3.05, 3.63) is 0 Å². The molecule has 3 rings (SSSR count). The van der Waals surface area contributed by atoms with Crippen LogP contribution in [0.1, 0.15) is 51.4 Å². The summed E-state index contributed by atoms with van der Waals surface area (Å²) in [5, 5.41) is 9.93. The highest BCUT2D eigenvalue weighted by Crippen LogP contribution is 2.49. The lowest BCUT2D eigenvalue weighted by atomic mass is 9.63. The van der Waals surface area contributed by atoms with Gasteiger partial charge in [0.15, 0.2) is 0 Å². The molecule has 0 unspecified atom stereocenters. The fourth-order valence-corrected chi connectivity index (χ4v) is 4.30. The molecule has 16 heavy (non-hydrogen) atoms. The van der Waals surface area contributed by atoms with E-state index in [0.717, 1.165) is 51.5 Å². The quantitative estimate of drug-likeness (QED) is 0.679. The normalized spacial score (nSPS) is 43.8. The summed E-state index contributed by atoms with van der Waals surface area (Å²) in [6, 6.07) is 0. The first-order valence-electron chi connectivity index (χ1n) is 6.71. The van der Waals surface area contributed by atoms with Crippen LogP contribution in [0.25, 0.3) is 0 Å². The van der Waals surface area contributed by atoms with Crippen molar-refractivity contribution in [2.45, 2.75) is 63.0 Å². The Bertz CT molecular complexity index is 304. The number of nitrogens with zero attached hydrogens (tertiary/aromatic N) is 1. The van der Waals surface area contributed by atoms with Crippen molar-refractivity contribution >= 4 is 5.91 Å². The second-order valence-electron chi connectivity index (χ2n) is 5.78. The van der Waals surface area contributed by atoms with Gasteiger partial charge in [0, 0.05) is 18.5 Å². The van der Waals surface area contributed by atoms with E-state index < -0.39 is 0 Å². The molecule has 0 bridgehead atoms. The zero-order valence-corrected chi connectivity index (χ0v) is 9.82. The minimum absolute atomic E-state index is 0.0469. The fourth-order valence-electron chi connectivity index (χ4n) is 4.30. The topological polar surface area (TPSA) is 40.5 Å². The summed E-state index contributed by atoms with van der Waals surface area (Å²) in [5.41, 5.74) is 0.0469. The molecule has 3 nitrogen and oxygen atoms in total. The summed E-state index contributed by atoms with van der Waals surface area (Å²) < 4.78 is 0. The summed E-state index contributed by atoms with van der Waals surface area (Å²) in [7, 11) is 0. The SMILES string of the molecule is O=C1CCC[C@]23C[C@@H](O)CC[C@H]2CCCN13. The average molecular weight is 223 g/mol. The maximum atomic E-state index is 12.0. The molecule has 3 atom stereocenters. The van der Waals surface area contributed by atoms with E-state index in [9.17, 15) is 9.90 Å². The Hall–Kier alpha value is -0.570. The highest BCUT2D eigenvalue weighted by atomic mass is 16.3. The van der Waals surface area contributed by atoms with Gasteiger partial charge in [-0.15, -0.1) is 0 Å². The molecule has 0 aromatic rings. The molecule has 90 valence electrons. The molecular weight excluding hydrogens is 202 g/mol. The van der Waals surface area contributed by atoms with E-state index in [1.54, 1.807) is 0 Å². The number of amides is 1. The number of hydrogen-bond donors (Lipinski definition) is 1. The number of piperidine rings is 2. The molecule has 2 saturated heterocycles. The molecule has 1 N–H and O–H groups in total. The van der Waals surface area contributed by atoms with Crippen LogP contribution in [-0.4, -0.2) is 34.1 Å². The lowest BCUT2D eigenvalue weighted by Crippen LogP contribution is -2.64. The standard InChI is InChI=1S/C13H21NO2/c15-11-6-5-10-3-2-8-14-12(16)4-1-7-13(10,14)9-11/h10-11,15H,1-9H2/t10-,11+,13+/m1/s1. The Labute approximate surface area is 96.8 Å². The van der Waals surface area contributed by atoms with Crippen LogP contribution in [0.5, 0.6) is 0 Å². The molecule has 3 heteroatoms. The smallest absolute Gasteiger partial charge is 0.223 e. The summed E-state index contributed by atoms with van der Waals surface area (Å²) in [5.74, 6) is 0.999.